The van der Waals surface area contributed by atoms with Crippen LogP contribution >= 0.6 is 23.4 Å². The maximum atomic E-state index is 12.7. The minimum Gasteiger partial charge on any atom is -0.484 e. The molecule has 3 amide bonds. The fraction of sp³-hybridized carbons (Fsp3) is 0.115. The van der Waals surface area contributed by atoms with Crippen molar-refractivity contribution < 1.29 is 19.1 Å². The van der Waals surface area contributed by atoms with Gasteiger partial charge < -0.3 is 10.1 Å². The highest BCUT2D eigenvalue weighted by atomic mass is 35.5. The van der Waals surface area contributed by atoms with E-state index in [1.54, 1.807) is 48.5 Å². The molecule has 1 heterocycles. The van der Waals surface area contributed by atoms with Crippen LogP contribution in [0.3, 0.4) is 0 Å². The van der Waals surface area contributed by atoms with Crippen LogP contribution in [-0.2, 0) is 16.1 Å². The Balaban J connectivity index is 1.35. The molecule has 1 aliphatic heterocycles. The average Bonchev–Trinajstić information content (AvgIpc) is 3.07. The fourth-order valence-corrected chi connectivity index (χ4v) is 4.37. The van der Waals surface area contributed by atoms with E-state index >= 15 is 0 Å². The molecule has 0 atom stereocenters. The summed E-state index contributed by atoms with van der Waals surface area (Å²) >= 11 is 6.90. The van der Waals surface area contributed by atoms with Crippen molar-refractivity contribution in [2.24, 2.45) is 0 Å². The number of carbonyl (C=O) groups is 3. The van der Waals surface area contributed by atoms with Crippen molar-refractivity contribution in [3.63, 3.8) is 0 Å². The van der Waals surface area contributed by atoms with Crippen LogP contribution in [-0.4, -0.2) is 28.6 Å². The van der Waals surface area contributed by atoms with Gasteiger partial charge in [-0.25, -0.2) is 0 Å². The van der Waals surface area contributed by atoms with Gasteiger partial charge in [-0.3, -0.25) is 19.3 Å². The maximum Gasteiger partial charge on any atom is 0.293 e. The standard InChI is InChI=1S/C26H21ClN2O4S/c1-17-5-2-3-8-22(17)28-24(30)16-33-21-11-9-18(10-12-21)14-23-25(31)29(26(32)34-23)15-19-6-4-7-20(27)13-19/h2-14H,15-16H2,1H3,(H,28,30)/b23-14-. The second kappa shape index (κ2) is 10.6. The molecular weight excluding hydrogens is 472 g/mol. The molecule has 1 saturated heterocycles. The zero-order chi connectivity index (χ0) is 24.1. The lowest BCUT2D eigenvalue weighted by Crippen LogP contribution is -2.27. The van der Waals surface area contributed by atoms with Crippen LogP contribution in [0.2, 0.25) is 5.02 Å². The van der Waals surface area contributed by atoms with Gasteiger partial charge >= 0.3 is 0 Å². The highest BCUT2D eigenvalue weighted by Gasteiger charge is 2.35. The minimum atomic E-state index is -0.344. The van der Waals surface area contributed by atoms with E-state index in [-0.39, 0.29) is 30.2 Å². The Morgan fingerprint density at radius 1 is 1.06 bits per heavy atom. The number of hydrogen-bond acceptors (Lipinski definition) is 5. The van der Waals surface area contributed by atoms with E-state index in [9.17, 15) is 14.4 Å². The number of nitrogens with one attached hydrogen (secondary N) is 1. The number of para-hydroxylation sites is 1. The van der Waals surface area contributed by atoms with Crippen LogP contribution in [0.15, 0.2) is 77.7 Å². The number of ether oxygens (including phenoxy) is 1. The molecule has 6 nitrogen and oxygen atoms in total. The molecule has 1 aliphatic rings. The third-order valence-corrected chi connectivity index (χ3v) is 6.21. The Bertz CT molecular complexity index is 1270. The van der Waals surface area contributed by atoms with Gasteiger partial charge in [0.2, 0.25) is 0 Å². The molecule has 4 rings (SSSR count). The third kappa shape index (κ3) is 5.87. The van der Waals surface area contributed by atoms with Crippen LogP contribution < -0.4 is 10.1 Å². The first-order valence-electron chi connectivity index (χ1n) is 10.5. The Hall–Kier alpha value is -3.55. The van der Waals surface area contributed by atoms with Gasteiger partial charge in [-0.1, -0.05) is 54.1 Å². The number of aryl methyl sites for hydroxylation is 1. The van der Waals surface area contributed by atoms with Gasteiger partial charge in [0.05, 0.1) is 11.4 Å². The molecular formula is C26H21ClN2O4S. The molecule has 0 aromatic heterocycles. The second-order valence-electron chi connectivity index (χ2n) is 7.62. The summed E-state index contributed by atoms with van der Waals surface area (Å²) in [7, 11) is 0. The topological polar surface area (TPSA) is 75.7 Å². The largest absolute Gasteiger partial charge is 0.484 e. The minimum absolute atomic E-state index is 0.129. The van der Waals surface area contributed by atoms with E-state index in [1.807, 2.05) is 37.3 Å². The van der Waals surface area contributed by atoms with Crippen LogP contribution in [0.4, 0.5) is 10.5 Å². The third-order valence-electron chi connectivity index (χ3n) is 5.07. The van der Waals surface area contributed by atoms with Crippen molar-refractivity contribution in [1.82, 2.24) is 4.90 Å². The molecule has 0 unspecified atom stereocenters. The lowest BCUT2D eigenvalue weighted by Gasteiger charge is -2.12. The molecule has 0 spiro atoms. The number of nitrogens with zero attached hydrogens (tertiary/aromatic N) is 1. The normalized spacial score (nSPS) is 14.5. The molecule has 1 fully saturated rings. The molecule has 172 valence electrons. The van der Waals surface area contributed by atoms with Crippen molar-refractivity contribution in [3.05, 3.63) is 99.4 Å². The summed E-state index contributed by atoms with van der Waals surface area (Å²) in [5.41, 5.74) is 3.24. The molecule has 3 aromatic rings. The molecule has 0 radical (unpaired) electrons. The number of anilines is 1. The number of amides is 3. The zero-order valence-corrected chi connectivity index (χ0v) is 19.9. The van der Waals surface area contributed by atoms with E-state index in [0.717, 1.165) is 34.1 Å². The van der Waals surface area contributed by atoms with E-state index < -0.39 is 0 Å². The van der Waals surface area contributed by atoms with E-state index in [0.29, 0.717) is 15.7 Å². The molecule has 0 saturated carbocycles. The number of benzene rings is 3. The van der Waals surface area contributed by atoms with Crippen molar-refractivity contribution in [3.8, 4) is 5.75 Å². The average molecular weight is 493 g/mol. The van der Waals surface area contributed by atoms with E-state index in [1.165, 1.54) is 4.90 Å². The van der Waals surface area contributed by atoms with Crippen LogP contribution in [0.5, 0.6) is 5.75 Å². The van der Waals surface area contributed by atoms with Gasteiger partial charge in [0.15, 0.2) is 6.61 Å². The van der Waals surface area contributed by atoms with Gasteiger partial charge in [-0.15, -0.1) is 0 Å². The zero-order valence-electron chi connectivity index (χ0n) is 18.3. The highest BCUT2D eigenvalue weighted by Crippen LogP contribution is 2.33. The van der Waals surface area contributed by atoms with Gasteiger partial charge in [0.25, 0.3) is 17.1 Å². The van der Waals surface area contributed by atoms with Gasteiger partial charge in [-0.05, 0) is 71.8 Å². The Labute approximate surface area is 206 Å². The maximum absolute atomic E-state index is 12.7. The first-order valence-corrected chi connectivity index (χ1v) is 11.7. The Morgan fingerprint density at radius 3 is 2.56 bits per heavy atom. The monoisotopic (exact) mass is 492 g/mol. The van der Waals surface area contributed by atoms with Gasteiger partial charge in [-0.2, -0.15) is 0 Å². The van der Waals surface area contributed by atoms with E-state index in [4.69, 9.17) is 16.3 Å². The lowest BCUT2D eigenvalue weighted by molar-refractivity contribution is -0.123. The molecule has 0 aliphatic carbocycles. The number of hydrogen-bond donors (Lipinski definition) is 1. The second-order valence-corrected chi connectivity index (χ2v) is 9.05. The summed E-state index contributed by atoms with van der Waals surface area (Å²) in [6.07, 6.45) is 1.66. The van der Waals surface area contributed by atoms with Crippen LogP contribution in [0.1, 0.15) is 16.7 Å². The first kappa shape index (κ1) is 23.6. The number of rotatable bonds is 7. The lowest BCUT2D eigenvalue weighted by atomic mass is 10.2. The number of imide groups is 1. The molecule has 0 bridgehead atoms. The van der Waals surface area contributed by atoms with Gasteiger partial charge in [0, 0.05) is 10.7 Å². The first-order chi connectivity index (χ1) is 16.4. The predicted molar refractivity (Wildman–Crippen MR) is 135 cm³/mol. The van der Waals surface area contributed by atoms with Crippen LogP contribution in [0.25, 0.3) is 6.08 Å². The SMILES string of the molecule is Cc1ccccc1NC(=O)COc1ccc(/C=C2\SC(=O)N(Cc3cccc(Cl)c3)C2=O)cc1. The quantitative estimate of drug-likeness (QED) is 0.415. The van der Waals surface area contributed by atoms with Crippen molar-refractivity contribution in [2.45, 2.75) is 13.5 Å². The summed E-state index contributed by atoms with van der Waals surface area (Å²) in [4.78, 5) is 38.8. The predicted octanol–water partition coefficient (Wildman–Crippen LogP) is 5.90. The number of thioether (sulfide) groups is 1. The summed E-state index contributed by atoms with van der Waals surface area (Å²) < 4.78 is 5.56. The molecule has 1 N–H and O–H groups in total. The number of carbonyl (C=O) groups excluding carboxylic acids is 3. The summed E-state index contributed by atoms with van der Waals surface area (Å²) in [5, 5.41) is 3.04. The van der Waals surface area contributed by atoms with Crippen molar-refractivity contribution >= 4 is 52.2 Å². The molecule has 34 heavy (non-hydrogen) atoms. The van der Waals surface area contributed by atoms with Gasteiger partial charge in [0.1, 0.15) is 5.75 Å². The fourth-order valence-electron chi connectivity index (χ4n) is 3.31. The highest BCUT2D eigenvalue weighted by molar-refractivity contribution is 8.18. The smallest absolute Gasteiger partial charge is 0.293 e. The summed E-state index contributed by atoms with van der Waals surface area (Å²) in [6.45, 7) is 1.96. The van der Waals surface area contributed by atoms with Crippen LogP contribution in [0, 0.1) is 6.92 Å². The summed E-state index contributed by atoms with van der Waals surface area (Å²) in [6, 6.07) is 21.5. The molecule has 3 aromatic carbocycles. The Kier molecular flexibility index (Phi) is 7.35. The van der Waals surface area contributed by atoms with E-state index in [2.05, 4.69) is 5.32 Å². The van der Waals surface area contributed by atoms with Crippen molar-refractivity contribution in [1.29, 1.82) is 0 Å². The molecule has 8 heteroatoms. The van der Waals surface area contributed by atoms with Crippen molar-refractivity contribution in [2.75, 3.05) is 11.9 Å². The summed E-state index contributed by atoms with van der Waals surface area (Å²) in [5.74, 6) is -0.0823. The number of halogens is 1. The Morgan fingerprint density at radius 2 is 1.82 bits per heavy atom.